The zero-order valence-corrected chi connectivity index (χ0v) is 14.4. The van der Waals surface area contributed by atoms with E-state index >= 15 is 0 Å². The first-order valence-corrected chi connectivity index (χ1v) is 8.23. The average Bonchev–Trinajstić information content (AvgIpc) is 2.90. The molecule has 0 spiro atoms. The highest BCUT2D eigenvalue weighted by Gasteiger charge is 2.26. The average molecular weight is 293 g/mol. The minimum Gasteiger partial charge on any atom is -0.337 e. The summed E-state index contributed by atoms with van der Waals surface area (Å²) in [6, 6.07) is 8.37. The standard InChI is InChI=1S/C15H21ClN2Si/c1-2-3-8-15(19,11-18-10-9-17-12-18)13-4-6-14(16)7-5-13/h4-7,9-10,12H,2-3,8,11H2,1,19H3. The summed E-state index contributed by atoms with van der Waals surface area (Å²) in [5.41, 5.74) is 1.41. The van der Waals surface area contributed by atoms with Crippen LogP contribution in [0.25, 0.3) is 0 Å². The predicted molar refractivity (Wildman–Crippen MR) is 84.8 cm³/mol. The van der Waals surface area contributed by atoms with Crippen molar-refractivity contribution in [2.24, 2.45) is 0 Å². The number of hydrogen-bond acceptors (Lipinski definition) is 1. The molecule has 0 amide bonds. The topological polar surface area (TPSA) is 17.8 Å². The molecule has 1 aromatic heterocycles. The van der Waals surface area contributed by atoms with Crippen molar-refractivity contribution in [3.63, 3.8) is 0 Å². The van der Waals surface area contributed by atoms with Crippen LogP contribution in [0.2, 0.25) is 5.02 Å². The molecule has 2 nitrogen and oxygen atoms in total. The van der Waals surface area contributed by atoms with Crippen LogP contribution in [0.3, 0.4) is 0 Å². The maximum Gasteiger partial charge on any atom is 0.0946 e. The number of hydrogen-bond donors (Lipinski definition) is 0. The summed E-state index contributed by atoms with van der Waals surface area (Å²) in [4.78, 5) is 4.15. The van der Waals surface area contributed by atoms with Gasteiger partial charge in [-0.05, 0) is 29.2 Å². The molecule has 1 atom stereocenters. The lowest BCUT2D eigenvalue weighted by molar-refractivity contribution is 0.450. The van der Waals surface area contributed by atoms with Gasteiger partial charge < -0.3 is 4.57 Å². The van der Waals surface area contributed by atoms with E-state index in [1.165, 1.54) is 24.8 Å². The van der Waals surface area contributed by atoms with Gasteiger partial charge in [-0.3, -0.25) is 0 Å². The van der Waals surface area contributed by atoms with Crippen LogP contribution in [-0.4, -0.2) is 19.8 Å². The van der Waals surface area contributed by atoms with E-state index in [9.17, 15) is 0 Å². The first kappa shape index (κ1) is 14.3. The van der Waals surface area contributed by atoms with Crippen LogP contribution in [-0.2, 0) is 11.6 Å². The Kier molecular flexibility index (Phi) is 4.83. The van der Waals surface area contributed by atoms with Gasteiger partial charge in [-0.2, -0.15) is 0 Å². The van der Waals surface area contributed by atoms with Gasteiger partial charge in [0.25, 0.3) is 0 Å². The maximum atomic E-state index is 6.00. The van der Waals surface area contributed by atoms with E-state index in [0.29, 0.717) is 0 Å². The molecule has 2 aromatic rings. The van der Waals surface area contributed by atoms with Crippen molar-refractivity contribution in [3.05, 3.63) is 53.6 Å². The molecule has 0 aliphatic carbocycles. The summed E-state index contributed by atoms with van der Waals surface area (Å²) < 4.78 is 2.19. The summed E-state index contributed by atoms with van der Waals surface area (Å²) in [7, 11) is 1.12. The SMILES string of the molecule is CCCCC([SiH3])(Cn1ccnc1)c1ccc(Cl)cc1. The first-order valence-electron chi connectivity index (χ1n) is 6.86. The van der Waals surface area contributed by atoms with E-state index in [1.54, 1.807) is 0 Å². The molecule has 19 heavy (non-hydrogen) atoms. The molecule has 0 saturated carbocycles. The number of halogens is 1. The van der Waals surface area contributed by atoms with E-state index in [4.69, 9.17) is 11.6 Å². The van der Waals surface area contributed by atoms with Crippen molar-refractivity contribution in [2.75, 3.05) is 0 Å². The second-order valence-electron chi connectivity index (χ2n) is 5.41. The molecule has 1 aromatic carbocycles. The summed E-state index contributed by atoms with van der Waals surface area (Å²) in [6.07, 6.45) is 9.55. The number of imidazole rings is 1. The Morgan fingerprint density at radius 2 is 2.05 bits per heavy atom. The minimum atomic E-state index is 0.265. The Balaban J connectivity index is 2.25. The molecular formula is C15H21ClN2Si. The van der Waals surface area contributed by atoms with E-state index < -0.39 is 0 Å². The molecule has 1 heterocycles. The predicted octanol–water partition coefficient (Wildman–Crippen LogP) is 2.99. The molecule has 0 N–H and O–H groups in total. The summed E-state index contributed by atoms with van der Waals surface area (Å²) in [6.45, 7) is 3.27. The summed E-state index contributed by atoms with van der Waals surface area (Å²) in [5, 5.41) is 1.08. The van der Waals surface area contributed by atoms with Crippen molar-refractivity contribution in [2.45, 2.75) is 37.8 Å². The van der Waals surface area contributed by atoms with Crippen molar-refractivity contribution >= 4 is 21.8 Å². The number of nitrogens with zero attached hydrogens (tertiary/aromatic N) is 2. The molecule has 0 aliphatic heterocycles. The van der Waals surface area contributed by atoms with Gasteiger partial charge in [0, 0.05) is 34.2 Å². The molecule has 102 valence electrons. The van der Waals surface area contributed by atoms with Crippen LogP contribution in [0.5, 0.6) is 0 Å². The highest BCUT2D eigenvalue weighted by Crippen LogP contribution is 2.29. The lowest BCUT2D eigenvalue weighted by Gasteiger charge is -2.31. The highest BCUT2D eigenvalue weighted by molar-refractivity contribution is 6.30. The van der Waals surface area contributed by atoms with Crippen LogP contribution in [0.15, 0.2) is 43.0 Å². The molecule has 0 fully saturated rings. The third-order valence-corrected chi connectivity index (χ3v) is 5.36. The van der Waals surface area contributed by atoms with Crippen LogP contribution in [0.1, 0.15) is 31.7 Å². The zero-order valence-electron chi connectivity index (χ0n) is 11.6. The summed E-state index contributed by atoms with van der Waals surface area (Å²) in [5.74, 6) is 0. The van der Waals surface area contributed by atoms with Crippen molar-refractivity contribution in [1.82, 2.24) is 9.55 Å². The lowest BCUT2D eigenvalue weighted by atomic mass is 9.92. The molecule has 2 rings (SSSR count). The van der Waals surface area contributed by atoms with Crippen molar-refractivity contribution in [3.8, 4) is 0 Å². The molecule has 4 heteroatoms. The fraction of sp³-hybridized carbons (Fsp3) is 0.400. The first-order chi connectivity index (χ1) is 9.14. The smallest absolute Gasteiger partial charge is 0.0946 e. The molecule has 0 radical (unpaired) electrons. The van der Waals surface area contributed by atoms with Gasteiger partial charge >= 0.3 is 0 Å². The fourth-order valence-corrected chi connectivity index (χ4v) is 3.70. The molecule has 0 bridgehead atoms. The second kappa shape index (κ2) is 6.39. The Hall–Kier alpha value is -1.06. The summed E-state index contributed by atoms with van der Waals surface area (Å²) >= 11 is 6.00. The van der Waals surface area contributed by atoms with Gasteiger partial charge in [-0.15, -0.1) is 0 Å². The fourth-order valence-electron chi connectivity index (χ4n) is 2.52. The highest BCUT2D eigenvalue weighted by atomic mass is 35.5. The Morgan fingerprint density at radius 1 is 1.32 bits per heavy atom. The Bertz CT molecular complexity index is 495. The molecule has 0 saturated heterocycles. The van der Waals surface area contributed by atoms with Crippen LogP contribution < -0.4 is 0 Å². The Morgan fingerprint density at radius 3 is 2.63 bits per heavy atom. The largest absolute Gasteiger partial charge is 0.337 e. The van der Waals surface area contributed by atoms with Crippen molar-refractivity contribution < 1.29 is 0 Å². The molecular weight excluding hydrogens is 272 g/mol. The number of benzene rings is 1. The number of rotatable bonds is 6. The molecule has 1 unspecified atom stereocenters. The normalized spacial score (nSPS) is 14.4. The third-order valence-electron chi connectivity index (χ3n) is 3.71. The van der Waals surface area contributed by atoms with Gasteiger partial charge in [-0.25, -0.2) is 4.98 Å². The lowest BCUT2D eigenvalue weighted by Crippen LogP contribution is -2.32. The van der Waals surface area contributed by atoms with Crippen LogP contribution in [0, 0.1) is 0 Å². The minimum absolute atomic E-state index is 0.265. The van der Waals surface area contributed by atoms with Gasteiger partial charge in [0.2, 0.25) is 0 Å². The van der Waals surface area contributed by atoms with Crippen LogP contribution in [0.4, 0.5) is 0 Å². The second-order valence-corrected chi connectivity index (χ2v) is 7.76. The van der Waals surface area contributed by atoms with E-state index in [1.807, 2.05) is 24.7 Å². The third kappa shape index (κ3) is 3.70. The van der Waals surface area contributed by atoms with Crippen LogP contribution >= 0.6 is 11.6 Å². The van der Waals surface area contributed by atoms with Gasteiger partial charge in [0.05, 0.1) is 6.33 Å². The van der Waals surface area contributed by atoms with Gasteiger partial charge in [0.15, 0.2) is 0 Å². The van der Waals surface area contributed by atoms with E-state index in [2.05, 4.69) is 34.8 Å². The zero-order chi connectivity index (χ0) is 13.7. The Labute approximate surface area is 123 Å². The number of unbranched alkanes of at least 4 members (excludes halogenated alkanes) is 1. The van der Waals surface area contributed by atoms with Gasteiger partial charge in [0.1, 0.15) is 0 Å². The quantitative estimate of drug-likeness (QED) is 0.749. The molecule has 0 aliphatic rings. The monoisotopic (exact) mass is 292 g/mol. The van der Waals surface area contributed by atoms with Gasteiger partial charge in [-0.1, -0.05) is 43.5 Å². The van der Waals surface area contributed by atoms with E-state index in [0.717, 1.165) is 21.8 Å². The van der Waals surface area contributed by atoms with Crippen molar-refractivity contribution in [1.29, 1.82) is 0 Å². The number of aromatic nitrogens is 2. The van der Waals surface area contributed by atoms with E-state index in [-0.39, 0.29) is 5.04 Å². The maximum absolute atomic E-state index is 6.00.